The molecule has 1 aliphatic carbocycles. The van der Waals surface area contributed by atoms with Gasteiger partial charge in [0, 0.05) is 6.07 Å². The monoisotopic (exact) mass is 256 g/mol. The molecule has 1 saturated carbocycles. The maximum atomic E-state index is 6.09. The zero-order chi connectivity index (χ0) is 11.2. The van der Waals surface area contributed by atoms with E-state index >= 15 is 0 Å². The van der Waals surface area contributed by atoms with E-state index in [1.54, 1.807) is 6.07 Å². The van der Waals surface area contributed by atoms with Gasteiger partial charge in [-0.15, -0.1) is 12.4 Å². The van der Waals surface area contributed by atoms with E-state index < -0.39 is 5.54 Å². The van der Waals surface area contributed by atoms with Gasteiger partial charge in [0.1, 0.15) is 0 Å². The molecule has 1 fully saturated rings. The Bertz CT molecular complexity index is 518. The van der Waals surface area contributed by atoms with Gasteiger partial charge < -0.3 is 14.8 Å². The number of hydrogen-bond acceptors (Lipinski definition) is 6. The second kappa shape index (κ2) is 4.12. The van der Waals surface area contributed by atoms with Crippen molar-refractivity contribution in [2.24, 2.45) is 5.73 Å². The van der Waals surface area contributed by atoms with E-state index in [-0.39, 0.29) is 12.4 Å². The van der Waals surface area contributed by atoms with Crippen molar-refractivity contribution >= 4 is 12.4 Å². The van der Waals surface area contributed by atoms with Crippen molar-refractivity contribution in [2.45, 2.75) is 31.7 Å². The highest BCUT2D eigenvalue weighted by molar-refractivity contribution is 5.85. The van der Waals surface area contributed by atoms with Gasteiger partial charge in [0.25, 0.3) is 5.89 Å². The molecule has 0 unspecified atom stereocenters. The van der Waals surface area contributed by atoms with Gasteiger partial charge >= 0.3 is 0 Å². The van der Waals surface area contributed by atoms with Crippen LogP contribution in [0.2, 0.25) is 0 Å². The third-order valence-electron chi connectivity index (χ3n) is 2.96. The molecule has 0 aromatic carbocycles. The van der Waals surface area contributed by atoms with Crippen molar-refractivity contribution in [1.82, 2.24) is 15.3 Å². The lowest BCUT2D eigenvalue weighted by Crippen LogP contribution is -2.44. The molecule has 0 radical (unpaired) electrons. The molecule has 0 aliphatic heterocycles. The van der Waals surface area contributed by atoms with Gasteiger partial charge in [-0.25, -0.2) is 0 Å². The van der Waals surface area contributed by atoms with Gasteiger partial charge in [0.05, 0.1) is 11.2 Å². The number of nitrogens with zero attached hydrogens (tertiary/aromatic N) is 3. The number of rotatable bonds is 2. The third-order valence-corrected chi connectivity index (χ3v) is 2.96. The predicted octanol–water partition coefficient (Wildman–Crippen LogP) is 1.79. The molecule has 0 amide bonds. The number of hydrogen-bond donors (Lipinski definition) is 1. The van der Waals surface area contributed by atoms with Crippen molar-refractivity contribution in [3.05, 3.63) is 17.6 Å². The van der Waals surface area contributed by atoms with Crippen LogP contribution in [-0.2, 0) is 5.54 Å². The lowest BCUT2D eigenvalue weighted by Gasteiger charge is -2.34. The summed E-state index contributed by atoms with van der Waals surface area (Å²) >= 11 is 0. The normalized spacial score (nSPS) is 17.3. The van der Waals surface area contributed by atoms with Crippen LogP contribution >= 0.6 is 12.4 Å². The topological polar surface area (TPSA) is 91.0 Å². The predicted molar refractivity (Wildman–Crippen MR) is 61.5 cm³/mol. The van der Waals surface area contributed by atoms with E-state index in [2.05, 4.69) is 15.3 Å². The Morgan fingerprint density at radius 2 is 2.06 bits per heavy atom. The van der Waals surface area contributed by atoms with E-state index in [0.29, 0.717) is 17.5 Å². The summed E-state index contributed by atoms with van der Waals surface area (Å²) in [5.41, 5.74) is 6.46. The first-order valence-corrected chi connectivity index (χ1v) is 5.24. The molecule has 2 aromatic heterocycles. The van der Waals surface area contributed by atoms with Gasteiger partial charge in [-0.3, -0.25) is 0 Å². The molecule has 7 heteroatoms. The van der Waals surface area contributed by atoms with Crippen molar-refractivity contribution < 1.29 is 9.05 Å². The highest BCUT2D eigenvalue weighted by Crippen LogP contribution is 2.37. The zero-order valence-electron chi connectivity index (χ0n) is 9.34. The fourth-order valence-corrected chi connectivity index (χ4v) is 1.77. The molecular formula is C10H13ClN4O2. The Balaban J connectivity index is 0.00000108. The first kappa shape index (κ1) is 12.1. The third kappa shape index (κ3) is 1.94. The summed E-state index contributed by atoms with van der Waals surface area (Å²) in [5.74, 6) is 1.38. The molecule has 0 atom stereocenters. The summed E-state index contributed by atoms with van der Waals surface area (Å²) in [6, 6.07) is 1.75. The van der Waals surface area contributed by atoms with Crippen LogP contribution in [0.15, 0.2) is 15.1 Å². The Kier molecular flexibility index (Phi) is 2.92. The smallest absolute Gasteiger partial charge is 0.296 e. The SMILES string of the molecule is Cc1cc(-c2nc(C3(N)CCC3)no2)on1.Cl. The summed E-state index contributed by atoms with van der Waals surface area (Å²) in [6.07, 6.45) is 2.92. The van der Waals surface area contributed by atoms with Gasteiger partial charge in [-0.1, -0.05) is 10.3 Å². The van der Waals surface area contributed by atoms with Gasteiger partial charge in [0.2, 0.25) is 5.76 Å². The molecule has 0 bridgehead atoms. The highest BCUT2D eigenvalue weighted by atomic mass is 35.5. The molecule has 2 heterocycles. The largest absolute Gasteiger partial charge is 0.351 e. The molecule has 2 aromatic rings. The van der Waals surface area contributed by atoms with Crippen molar-refractivity contribution in [3.63, 3.8) is 0 Å². The van der Waals surface area contributed by atoms with Gasteiger partial charge in [0.15, 0.2) is 5.82 Å². The summed E-state index contributed by atoms with van der Waals surface area (Å²) in [5, 5.41) is 7.66. The molecule has 0 saturated heterocycles. The zero-order valence-corrected chi connectivity index (χ0v) is 10.2. The van der Waals surface area contributed by atoms with E-state index in [9.17, 15) is 0 Å². The van der Waals surface area contributed by atoms with Crippen LogP contribution in [0.3, 0.4) is 0 Å². The standard InChI is InChI=1S/C10H12N4O2.ClH/c1-6-5-7(15-13-6)8-12-9(14-16-8)10(11)3-2-4-10;/h5H,2-4,11H2,1H3;1H. The van der Waals surface area contributed by atoms with E-state index in [4.69, 9.17) is 14.8 Å². The minimum Gasteiger partial charge on any atom is -0.351 e. The van der Waals surface area contributed by atoms with Crippen LogP contribution < -0.4 is 5.73 Å². The molecular weight excluding hydrogens is 244 g/mol. The van der Waals surface area contributed by atoms with Crippen LogP contribution in [0.1, 0.15) is 30.8 Å². The molecule has 1 aliphatic rings. The summed E-state index contributed by atoms with van der Waals surface area (Å²) in [4.78, 5) is 4.25. The Morgan fingerprint density at radius 1 is 1.29 bits per heavy atom. The Labute approximate surface area is 104 Å². The second-order valence-corrected chi connectivity index (χ2v) is 4.27. The molecule has 6 nitrogen and oxygen atoms in total. The average molecular weight is 257 g/mol. The summed E-state index contributed by atoms with van der Waals surface area (Å²) in [7, 11) is 0. The van der Waals surface area contributed by atoms with Crippen LogP contribution in [0, 0.1) is 6.92 Å². The fourth-order valence-electron chi connectivity index (χ4n) is 1.77. The second-order valence-electron chi connectivity index (χ2n) is 4.27. The lowest BCUT2D eigenvalue weighted by molar-refractivity contribution is 0.229. The van der Waals surface area contributed by atoms with Crippen molar-refractivity contribution in [2.75, 3.05) is 0 Å². The quantitative estimate of drug-likeness (QED) is 0.881. The van der Waals surface area contributed by atoms with E-state index in [1.165, 1.54) is 0 Å². The van der Waals surface area contributed by atoms with Crippen LogP contribution in [-0.4, -0.2) is 15.3 Å². The van der Waals surface area contributed by atoms with Gasteiger partial charge in [-0.05, 0) is 26.2 Å². The Morgan fingerprint density at radius 3 is 2.59 bits per heavy atom. The summed E-state index contributed by atoms with van der Waals surface area (Å²) in [6.45, 7) is 1.83. The van der Waals surface area contributed by atoms with Crippen LogP contribution in [0.25, 0.3) is 11.7 Å². The average Bonchev–Trinajstić information content (AvgIpc) is 2.82. The maximum Gasteiger partial charge on any atom is 0.296 e. The Hall–Kier alpha value is -1.40. The molecule has 3 rings (SSSR count). The molecule has 2 N–H and O–H groups in total. The maximum absolute atomic E-state index is 6.09. The first-order valence-electron chi connectivity index (χ1n) is 5.24. The van der Waals surface area contributed by atoms with E-state index in [1.807, 2.05) is 6.92 Å². The van der Waals surface area contributed by atoms with Crippen molar-refractivity contribution in [1.29, 1.82) is 0 Å². The minimum atomic E-state index is -0.406. The highest BCUT2D eigenvalue weighted by Gasteiger charge is 2.39. The summed E-state index contributed by atoms with van der Waals surface area (Å²) < 4.78 is 10.2. The van der Waals surface area contributed by atoms with Crippen molar-refractivity contribution in [3.8, 4) is 11.7 Å². The van der Waals surface area contributed by atoms with Gasteiger partial charge in [-0.2, -0.15) is 4.98 Å². The first-order chi connectivity index (χ1) is 7.67. The number of aryl methyl sites for hydroxylation is 1. The number of aromatic nitrogens is 3. The number of halogens is 1. The number of nitrogens with two attached hydrogens (primary N) is 1. The van der Waals surface area contributed by atoms with Crippen LogP contribution in [0.4, 0.5) is 0 Å². The molecule has 0 spiro atoms. The molecule has 92 valence electrons. The molecule has 17 heavy (non-hydrogen) atoms. The fraction of sp³-hybridized carbons (Fsp3) is 0.500. The lowest BCUT2D eigenvalue weighted by atomic mass is 9.77. The van der Waals surface area contributed by atoms with E-state index in [0.717, 1.165) is 25.0 Å². The minimum absolute atomic E-state index is 0. The van der Waals surface area contributed by atoms with Crippen LogP contribution in [0.5, 0.6) is 0 Å².